The van der Waals surface area contributed by atoms with Crippen LogP contribution >= 0.6 is 0 Å². The van der Waals surface area contributed by atoms with Crippen molar-refractivity contribution in [1.29, 1.82) is 0 Å². The van der Waals surface area contributed by atoms with Crippen molar-refractivity contribution in [3.63, 3.8) is 0 Å². The average molecular weight is 411 g/mol. The first-order chi connectivity index (χ1) is 14.6. The second kappa shape index (κ2) is 9.27. The van der Waals surface area contributed by atoms with Crippen LogP contribution in [0.4, 0.5) is 0 Å². The van der Waals surface area contributed by atoms with Crippen molar-refractivity contribution >= 4 is 5.91 Å². The maximum absolute atomic E-state index is 13.6. The first-order valence-electron chi connectivity index (χ1n) is 11.2. The monoisotopic (exact) mass is 410 g/mol. The van der Waals surface area contributed by atoms with Gasteiger partial charge in [0.1, 0.15) is 0 Å². The number of hydrogen-bond donors (Lipinski definition) is 1. The minimum absolute atomic E-state index is 0.230. The molecule has 2 aliphatic heterocycles. The summed E-state index contributed by atoms with van der Waals surface area (Å²) < 4.78 is 1.99. The predicted octanol–water partition coefficient (Wildman–Crippen LogP) is 2.08. The van der Waals surface area contributed by atoms with Gasteiger partial charge in [0.2, 0.25) is 5.91 Å². The van der Waals surface area contributed by atoms with Crippen molar-refractivity contribution in [2.45, 2.75) is 51.7 Å². The lowest BCUT2D eigenvalue weighted by atomic mass is 9.67. The molecule has 7 heteroatoms. The van der Waals surface area contributed by atoms with Crippen molar-refractivity contribution < 1.29 is 4.79 Å². The van der Waals surface area contributed by atoms with Crippen LogP contribution in [0.5, 0.6) is 0 Å². The number of hydrogen-bond acceptors (Lipinski definition) is 5. The molecule has 0 aromatic carbocycles. The van der Waals surface area contributed by atoms with E-state index in [0.29, 0.717) is 6.54 Å². The van der Waals surface area contributed by atoms with E-state index in [-0.39, 0.29) is 17.4 Å². The molecule has 0 bridgehead atoms. The van der Waals surface area contributed by atoms with Gasteiger partial charge in [0.25, 0.3) is 0 Å². The zero-order valence-corrected chi connectivity index (χ0v) is 18.3. The number of fused-ring (bicyclic) bond motifs is 1. The van der Waals surface area contributed by atoms with Gasteiger partial charge in [-0.1, -0.05) is 0 Å². The summed E-state index contributed by atoms with van der Waals surface area (Å²) in [6.45, 7) is 7.59. The number of likely N-dealkylation sites (N-methyl/N-ethyl adjacent to an activating group) is 1. The lowest BCUT2D eigenvalue weighted by Gasteiger charge is -2.53. The Morgan fingerprint density at radius 3 is 2.97 bits per heavy atom. The molecule has 0 radical (unpaired) electrons. The van der Waals surface area contributed by atoms with Gasteiger partial charge in [0, 0.05) is 57.0 Å². The quantitative estimate of drug-likeness (QED) is 0.757. The predicted molar refractivity (Wildman–Crippen MR) is 117 cm³/mol. The summed E-state index contributed by atoms with van der Waals surface area (Å²) in [6.07, 6.45) is 11.6. The largest absolute Gasteiger partial charge is 0.351 e. The fourth-order valence-corrected chi connectivity index (χ4v) is 5.19. The molecule has 0 aliphatic carbocycles. The Hall–Kier alpha value is -2.25. The molecule has 2 fully saturated rings. The van der Waals surface area contributed by atoms with Crippen molar-refractivity contribution in [2.24, 2.45) is 5.41 Å². The van der Waals surface area contributed by atoms with Crippen LogP contribution in [0.15, 0.2) is 36.9 Å². The highest BCUT2D eigenvalue weighted by atomic mass is 16.2. The summed E-state index contributed by atoms with van der Waals surface area (Å²) in [5.41, 5.74) is 1.99. The third-order valence-electron chi connectivity index (χ3n) is 6.99. The van der Waals surface area contributed by atoms with E-state index < -0.39 is 0 Å². The Balaban J connectivity index is 1.44. The summed E-state index contributed by atoms with van der Waals surface area (Å²) >= 11 is 0. The average Bonchev–Trinajstić information content (AvgIpc) is 3.27. The van der Waals surface area contributed by atoms with Gasteiger partial charge >= 0.3 is 0 Å². The Morgan fingerprint density at radius 1 is 1.27 bits per heavy atom. The zero-order valence-electron chi connectivity index (χ0n) is 18.3. The second-order valence-corrected chi connectivity index (χ2v) is 8.93. The highest BCUT2D eigenvalue weighted by Crippen LogP contribution is 2.42. The number of pyridine rings is 1. The molecule has 30 heavy (non-hydrogen) atoms. The van der Waals surface area contributed by atoms with Gasteiger partial charge in [-0.15, -0.1) is 0 Å². The lowest BCUT2D eigenvalue weighted by molar-refractivity contribution is -0.144. The topological polar surface area (TPSA) is 66.3 Å². The van der Waals surface area contributed by atoms with E-state index in [2.05, 4.69) is 32.2 Å². The van der Waals surface area contributed by atoms with Crippen LogP contribution in [0.1, 0.15) is 36.8 Å². The molecular formula is C23H34N6O. The van der Waals surface area contributed by atoms with E-state index >= 15 is 0 Å². The maximum Gasteiger partial charge on any atom is 0.228 e. The molecule has 162 valence electrons. The van der Waals surface area contributed by atoms with E-state index in [1.165, 1.54) is 0 Å². The Bertz CT molecular complexity index is 838. The molecule has 7 nitrogen and oxygen atoms in total. The third kappa shape index (κ3) is 4.42. The molecule has 1 amide bonds. The summed E-state index contributed by atoms with van der Waals surface area (Å²) in [5, 5.41) is 7.60. The number of nitrogens with zero attached hydrogens (tertiary/aromatic N) is 5. The van der Waals surface area contributed by atoms with E-state index in [0.717, 1.165) is 69.5 Å². The van der Waals surface area contributed by atoms with Gasteiger partial charge in [-0.3, -0.25) is 19.4 Å². The molecule has 4 rings (SSSR count). The Labute approximate surface area is 179 Å². The van der Waals surface area contributed by atoms with Gasteiger partial charge < -0.3 is 10.2 Å². The molecule has 2 aromatic rings. The highest BCUT2D eigenvalue weighted by Gasteiger charge is 2.51. The minimum atomic E-state index is -0.280. The molecule has 2 aliphatic rings. The van der Waals surface area contributed by atoms with Gasteiger partial charge in [0.15, 0.2) is 0 Å². The fraction of sp³-hybridized carbons (Fsp3) is 0.609. The molecule has 4 heterocycles. The summed E-state index contributed by atoms with van der Waals surface area (Å²) in [6, 6.07) is 4.25. The number of piperidine rings is 2. The molecule has 2 atom stereocenters. The van der Waals surface area contributed by atoms with Crippen LogP contribution in [-0.4, -0.2) is 69.7 Å². The number of aromatic nitrogens is 3. The summed E-state index contributed by atoms with van der Waals surface area (Å²) in [4.78, 5) is 22.7. The first-order valence-corrected chi connectivity index (χ1v) is 11.2. The maximum atomic E-state index is 13.6. The van der Waals surface area contributed by atoms with Crippen molar-refractivity contribution in [3.8, 4) is 0 Å². The van der Waals surface area contributed by atoms with Crippen LogP contribution in [0.25, 0.3) is 0 Å². The molecule has 2 saturated heterocycles. The van der Waals surface area contributed by atoms with Gasteiger partial charge in [0.05, 0.1) is 5.41 Å². The first kappa shape index (κ1) is 21.0. The number of amides is 1. The summed E-state index contributed by atoms with van der Waals surface area (Å²) in [5.74, 6) is 0.230. The summed E-state index contributed by atoms with van der Waals surface area (Å²) in [7, 11) is 2.18. The van der Waals surface area contributed by atoms with Crippen molar-refractivity contribution in [3.05, 3.63) is 48.0 Å². The van der Waals surface area contributed by atoms with E-state index in [1.807, 2.05) is 42.3 Å². The number of likely N-dealkylation sites (tertiary alicyclic amines) is 2. The van der Waals surface area contributed by atoms with Gasteiger partial charge in [-0.25, -0.2) is 0 Å². The molecular weight excluding hydrogens is 376 g/mol. The number of rotatable bonds is 7. The minimum Gasteiger partial charge on any atom is -0.351 e. The van der Waals surface area contributed by atoms with Gasteiger partial charge in [-0.2, -0.15) is 5.10 Å². The van der Waals surface area contributed by atoms with E-state index in [1.54, 1.807) is 6.20 Å². The SMILES string of the molecule is Cc1cnccc1CNC(=O)[C@@]12CCCN(CCCn3cccn3)[C@H]1CN(C)CC2. The standard InChI is InChI=1S/C23H34N6O/c1-19-16-24-10-6-20(19)17-25-22(30)23-7-3-11-28(21(23)18-27(2)15-8-23)12-5-14-29-13-4-9-26-29/h4,6,9-10,13,16,21H,3,5,7-8,11-12,14-15,17-18H2,1-2H3,(H,25,30)/t21-,23+/m0/s1. The fourth-order valence-electron chi connectivity index (χ4n) is 5.19. The van der Waals surface area contributed by atoms with E-state index in [4.69, 9.17) is 0 Å². The van der Waals surface area contributed by atoms with Crippen molar-refractivity contribution in [2.75, 3.05) is 33.2 Å². The molecule has 0 saturated carbocycles. The van der Waals surface area contributed by atoms with Gasteiger partial charge in [-0.05, 0) is 76.0 Å². The molecule has 2 aromatic heterocycles. The van der Waals surface area contributed by atoms with Crippen LogP contribution < -0.4 is 5.32 Å². The lowest BCUT2D eigenvalue weighted by Crippen LogP contribution is -2.65. The number of nitrogens with one attached hydrogen (secondary N) is 1. The number of carbonyl (C=O) groups excluding carboxylic acids is 1. The number of carbonyl (C=O) groups is 1. The Morgan fingerprint density at radius 2 is 2.17 bits per heavy atom. The number of aryl methyl sites for hydroxylation is 2. The van der Waals surface area contributed by atoms with Crippen LogP contribution in [0, 0.1) is 12.3 Å². The zero-order chi connectivity index (χ0) is 21.0. The smallest absolute Gasteiger partial charge is 0.228 e. The highest BCUT2D eigenvalue weighted by molar-refractivity contribution is 5.84. The van der Waals surface area contributed by atoms with Crippen LogP contribution in [0.2, 0.25) is 0 Å². The second-order valence-electron chi connectivity index (χ2n) is 8.93. The molecule has 0 unspecified atom stereocenters. The van der Waals surface area contributed by atoms with Crippen LogP contribution in [0.3, 0.4) is 0 Å². The van der Waals surface area contributed by atoms with Crippen molar-refractivity contribution in [1.82, 2.24) is 29.9 Å². The third-order valence-corrected chi connectivity index (χ3v) is 6.99. The molecule has 0 spiro atoms. The Kier molecular flexibility index (Phi) is 6.49. The van der Waals surface area contributed by atoms with E-state index in [9.17, 15) is 4.79 Å². The van der Waals surface area contributed by atoms with Crippen LogP contribution in [-0.2, 0) is 17.9 Å². The molecule has 1 N–H and O–H groups in total. The normalized spacial score (nSPS) is 25.1.